The molecule has 0 aromatic carbocycles. The summed E-state index contributed by atoms with van der Waals surface area (Å²) >= 11 is 0. The molecule has 0 saturated carbocycles. The molecule has 0 aliphatic heterocycles. The van der Waals surface area contributed by atoms with Crippen LogP contribution in [0.25, 0.3) is 0 Å². The number of ketones is 2. The quantitative estimate of drug-likeness (QED) is 0.318. The van der Waals surface area contributed by atoms with Crippen LogP contribution < -0.4 is 0 Å². The van der Waals surface area contributed by atoms with Gasteiger partial charge >= 0.3 is 5.97 Å². The van der Waals surface area contributed by atoms with Crippen molar-refractivity contribution in [2.24, 2.45) is 0 Å². The summed E-state index contributed by atoms with van der Waals surface area (Å²) in [4.78, 5) is 37.4. The molecule has 0 atom stereocenters. The average Bonchev–Trinajstić information content (AvgIpc) is 2.30. The fraction of sp³-hybridized carbons (Fsp3) is 0.273. The third-order valence-electron chi connectivity index (χ3n) is 1.83. The molecule has 16 heavy (non-hydrogen) atoms. The van der Waals surface area contributed by atoms with Crippen LogP contribution in [0.1, 0.15) is 23.7 Å². The van der Waals surface area contributed by atoms with E-state index in [9.17, 15) is 14.4 Å². The van der Waals surface area contributed by atoms with E-state index in [2.05, 4.69) is 9.72 Å². The van der Waals surface area contributed by atoms with Crippen LogP contribution in [0, 0.1) is 0 Å². The molecule has 0 aliphatic rings. The van der Waals surface area contributed by atoms with Crippen LogP contribution in [0.15, 0.2) is 24.5 Å². The Bertz CT molecular complexity index is 400. The Labute approximate surface area is 92.4 Å². The van der Waals surface area contributed by atoms with Gasteiger partial charge in [-0.1, -0.05) is 0 Å². The Balaban J connectivity index is 2.59. The minimum Gasteiger partial charge on any atom is -0.460 e. The monoisotopic (exact) mass is 221 g/mol. The summed E-state index contributed by atoms with van der Waals surface area (Å²) in [5, 5.41) is 0. The Morgan fingerprint density at radius 3 is 2.44 bits per heavy atom. The van der Waals surface area contributed by atoms with Crippen molar-refractivity contribution in [2.45, 2.75) is 13.3 Å². The maximum Gasteiger partial charge on any atom is 0.375 e. The van der Waals surface area contributed by atoms with Gasteiger partial charge in [-0.15, -0.1) is 0 Å². The Kier molecular flexibility index (Phi) is 4.32. The highest BCUT2D eigenvalue weighted by molar-refractivity contribution is 6.38. The van der Waals surface area contributed by atoms with Crippen LogP contribution in [0.3, 0.4) is 0 Å². The largest absolute Gasteiger partial charge is 0.460 e. The van der Waals surface area contributed by atoms with Gasteiger partial charge in [0.25, 0.3) is 0 Å². The first-order valence-electron chi connectivity index (χ1n) is 4.78. The number of esters is 1. The third-order valence-corrected chi connectivity index (χ3v) is 1.83. The lowest BCUT2D eigenvalue weighted by Crippen LogP contribution is -2.20. The number of pyridine rings is 1. The number of hydrogen-bond acceptors (Lipinski definition) is 5. The number of Topliss-reactive ketones (excluding diaryl/α,β-unsaturated/α-hetero) is 2. The standard InChI is InChI=1S/C11H11NO4/c1-2-16-11(15)10(14)7-9(13)8-3-5-12-6-4-8/h3-6H,2,7H2,1H3. The highest BCUT2D eigenvalue weighted by Crippen LogP contribution is 2.02. The summed E-state index contributed by atoms with van der Waals surface area (Å²) < 4.78 is 4.49. The summed E-state index contributed by atoms with van der Waals surface area (Å²) in [6.07, 6.45) is 2.42. The zero-order valence-electron chi connectivity index (χ0n) is 8.80. The van der Waals surface area contributed by atoms with Gasteiger partial charge in [0.05, 0.1) is 13.0 Å². The molecule has 0 fully saturated rings. The number of aromatic nitrogens is 1. The second-order valence-corrected chi connectivity index (χ2v) is 2.98. The SMILES string of the molecule is CCOC(=O)C(=O)CC(=O)c1ccncc1. The lowest BCUT2D eigenvalue weighted by molar-refractivity contribution is -0.153. The molecular formula is C11H11NO4. The van der Waals surface area contributed by atoms with Crippen molar-refractivity contribution in [2.75, 3.05) is 6.61 Å². The molecular weight excluding hydrogens is 210 g/mol. The first kappa shape index (κ1) is 12.0. The molecule has 0 radical (unpaired) electrons. The minimum atomic E-state index is -0.968. The van der Waals surface area contributed by atoms with Crippen molar-refractivity contribution in [1.82, 2.24) is 4.98 Å². The lowest BCUT2D eigenvalue weighted by Gasteiger charge is -2.00. The number of carbonyl (C=O) groups is 3. The molecule has 0 N–H and O–H groups in total. The maximum atomic E-state index is 11.5. The van der Waals surface area contributed by atoms with Crippen LogP contribution in [0.2, 0.25) is 0 Å². The van der Waals surface area contributed by atoms with Gasteiger partial charge < -0.3 is 4.74 Å². The van der Waals surface area contributed by atoms with E-state index < -0.39 is 24.0 Å². The third kappa shape index (κ3) is 3.27. The van der Waals surface area contributed by atoms with Crippen molar-refractivity contribution in [3.8, 4) is 0 Å². The molecule has 0 spiro atoms. The highest BCUT2D eigenvalue weighted by atomic mass is 16.5. The normalized spacial score (nSPS) is 9.56. The molecule has 5 nitrogen and oxygen atoms in total. The van der Waals surface area contributed by atoms with Crippen LogP contribution in [-0.2, 0) is 14.3 Å². The summed E-state index contributed by atoms with van der Waals surface area (Å²) in [6, 6.07) is 2.97. The molecule has 0 aliphatic carbocycles. The molecule has 1 heterocycles. The van der Waals surface area contributed by atoms with Gasteiger partial charge in [0.2, 0.25) is 5.78 Å². The predicted molar refractivity (Wildman–Crippen MR) is 54.8 cm³/mol. The van der Waals surface area contributed by atoms with E-state index in [0.717, 1.165) is 0 Å². The molecule has 1 rings (SSSR count). The summed E-state index contributed by atoms with van der Waals surface area (Å²) in [6.45, 7) is 1.71. The number of nitrogens with zero attached hydrogens (tertiary/aromatic N) is 1. The molecule has 1 aromatic heterocycles. The van der Waals surface area contributed by atoms with E-state index in [1.807, 2.05) is 0 Å². The Hall–Kier alpha value is -2.04. The molecule has 0 saturated heterocycles. The van der Waals surface area contributed by atoms with Crippen molar-refractivity contribution in [3.05, 3.63) is 30.1 Å². The predicted octanol–water partition coefficient (Wildman–Crippen LogP) is 0.787. The molecule has 0 unspecified atom stereocenters. The fourth-order valence-corrected chi connectivity index (χ4v) is 1.07. The maximum absolute atomic E-state index is 11.5. The van der Waals surface area contributed by atoms with E-state index in [1.54, 1.807) is 6.92 Å². The van der Waals surface area contributed by atoms with Crippen molar-refractivity contribution in [3.63, 3.8) is 0 Å². The zero-order chi connectivity index (χ0) is 12.0. The van der Waals surface area contributed by atoms with Crippen LogP contribution in [-0.4, -0.2) is 29.1 Å². The van der Waals surface area contributed by atoms with Crippen LogP contribution in [0.5, 0.6) is 0 Å². The van der Waals surface area contributed by atoms with E-state index in [-0.39, 0.29) is 6.61 Å². The van der Waals surface area contributed by atoms with Gasteiger partial charge in [-0.2, -0.15) is 0 Å². The highest BCUT2D eigenvalue weighted by Gasteiger charge is 2.19. The van der Waals surface area contributed by atoms with Gasteiger partial charge in [0.1, 0.15) is 0 Å². The summed E-state index contributed by atoms with van der Waals surface area (Å²) in [5.41, 5.74) is 0.354. The number of hydrogen-bond donors (Lipinski definition) is 0. The van der Waals surface area contributed by atoms with E-state index in [1.165, 1.54) is 24.5 Å². The summed E-state index contributed by atoms with van der Waals surface area (Å²) in [5.74, 6) is -2.21. The zero-order valence-corrected chi connectivity index (χ0v) is 8.80. The number of rotatable bonds is 5. The van der Waals surface area contributed by atoms with Crippen molar-refractivity contribution >= 4 is 17.5 Å². The molecule has 1 aromatic rings. The number of carbonyl (C=O) groups excluding carboxylic acids is 3. The van der Waals surface area contributed by atoms with Crippen LogP contribution >= 0.6 is 0 Å². The fourth-order valence-electron chi connectivity index (χ4n) is 1.07. The number of ether oxygens (including phenoxy) is 1. The minimum absolute atomic E-state index is 0.119. The van der Waals surface area contributed by atoms with Crippen molar-refractivity contribution < 1.29 is 19.1 Å². The van der Waals surface area contributed by atoms with E-state index in [0.29, 0.717) is 5.56 Å². The van der Waals surface area contributed by atoms with Gasteiger partial charge in [-0.3, -0.25) is 14.6 Å². The van der Waals surface area contributed by atoms with Gasteiger partial charge in [-0.05, 0) is 19.1 Å². The first-order valence-corrected chi connectivity index (χ1v) is 4.78. The van der Waals surface area contributed by atoms with Crippen molar-refractivity contribution in [1.29, 1.82) is 0 Å². The smallest absolute Gasteiger partial charge is 0.375 e. The molecule has 5 heteroatoms. The van der Waals surface area contributed by atoms with E-state index >= 15 is 0 Å². The Morgan fingerprint density at radius 2 is 1.88 bits per heavy atom. The van der Waals surface area contributed by atoms with E-state index in [4.69, 9.17) is 0 Å². The second kappa shape index (κ2) is 5.75. The molecule has 84 valence electrons. The Morgan fingerprint density at radius 1 is 1.25 bits per heavy atom. The van der Waals surface area contributed by atoms with Crippen LogP contribution in [0.4, 0.5) is 0 Å². The summed E-state index contributed by atoms with van der Waals surface area (Å²) in [7, 11) is 0. The molecule has 0 bridgehead atoms. The van der Waals surface area contributed by atoms with Gasteiger partial charge in [-0.25, -0.2) is 4.79 Å². The van der Waals surface area contributed by atoms with Gasteiger partial charge in [0.15, 0.2) is 5.78 Å². The average molecular weight is 221 g/mol. The van der Waals surface area contributed by atoms with Gasteiger partial charge in [0, 0.05) is 18.0 Å². The topological polar surface area (TPSA) is 73.3 Å². The first-order chi connectivity index (χ1) is 7.65. The lowest BCUT2D eigenvalue weighted by atomic mass is 10.1. The second-order valence-electron chi connectivity index (χ2n) is 2.98. The molecule has 0 amide bonds.